The molecule has 3 saturated heterocycles. The predicted molar refractivity (Wildman–Crippen MR) is 324 cm³/mol. The van der Waals surface area contributed by atoms with Gasteiger partial charge in [-0.2, -0.15) is 41.6 Å². The molecule has 2 unspecified atom stereocenters. The number of anilines is 3. The van der Waals surface area contributed by atoms with E-state index < -0.39 is 23.5 Å². The number of ether oxygens (including phenoxy) is 1. The average molecular weight is 1200 g/mol. The number of benzene rings is 1. The Morgan fingerprint density at radius 2 is 1.00 bits per heavy atom. The van der Waals surface area contributed by atoms with Crippen molar-refractivity contribution in [2.75, 3.05) is 80.7 Å². The molecule has 26 heteroatoms. The summed E-state index contributed by atoms with van der Waals surface area (Å²) in [6, 6.07) is 27.1. The standard InChI is InChI=1S/C23H21F3N6O.C19H21F3N6.C19H23FN6.2H2/c1-33-18-7-3-2-5-14(18)17-13-32(12-11-27-17)19-9-8-16(23(24,25)26)21(29-19)20-15-6-4-10-28-22(15)31-30-20;1-2-4-12-11-28(10-9-23-12)15-7-6-14(19(20,21)22)17(25-15)16-13-5-3-8-24-18(13)27-26-16;1-12(2)10-13-11-26(9-8-21-13)16-6-5-15(20)18(23-16)17-14-4-3-7-22-19(14)25-24-17;;/h2-10,17,27H,11-13H2,1H3,(H,28,30,31);3,5-8,12,23H,2,4,9-11H2,1H3,(H,24,26,27);3-7,12-13,21H,8-11H2,1-2H3,(H,22,24,25);2*1H/t;;13-;;/m..0../s1. The van der Waals surface area contributed by atoms with Crippen LogP contribution in [0.1, 0.15) is 65.6 Å². The highest BCUT2D eigenvalue weighted by Crippen LogP contribution is 2.41. The Morgan fingerprint density at radius 1 is 0.552 bits per heavy atom. The van der Waals surface area contributed by atoms with E-state index in [-0.39, 0.29) is 43.2 Å². The van der Waals surface area contributed by atoms with Crippen LogP contribution < -0.4 is 35.4 Å². The first kappa shape index (κ1) is 59.8. The van der Waals surface area contributed by atoms with Crippen LogP contribution in [-0.2, 0) is 12.4 Å². The molecule has 12 heterocycles. The Kier molecular flexibility index (Phi) is 17.9. The lowest BCUT2D eigenvalue weighted by atomic mass is 10.0. The molecule has 6 N–H and O–H groups in total. The van der Waals surface area contributed by atoms with Crippen molar-refractivity contribution < 1.29 is 38.3 Å². The molecule has 0 bridgehead atoms. The van der Waals surface area contributed by atoms with Crippen molar-refractivity contribution in [2.45, 2.75) is 70.5 Å². The topological polar surface area (TPSA) is 218 Å². The number of nitrogens with zero attached hydrogens (tertiary/aromatic N) is 12. The van der Waals surface area contributed by atoms with Crippen LogP contribution in [0.2, 0.25) is 0 Å². The van der Waals surface area contributed by atoms with Crippen molar-refractivity contribution in [3.8, 4) is 39.9 Å². The zero-order chi connectivity index (χ0) is 60.8. The maximum Gasteiger partial charge on any atom is 0.418 e. The van der Waals surface area contributed by atoms with Crippen LogP contribution >= 0.6 is 0 Å². The molecule has 19 nitrogen and oxygen atoms in total. The van der Waals surface area contributed by atoms with E-state index >= 15 is 0 Å². The molecule has 87 heavy (non-hydrogen) atoms. The molecule has 0 spiro atoms. The highest BCUT2D eigenvalue weighted by Gasteiger charge is 2.38. The maximum absolute atomic E-state index is 14.5. The van der Waals surface area contributed by atoms with Crippen molar-refractivity contribution in [2.24, 2.45) is 5.92 Å². The third kappa shape index (κ3) is 13.4. The van der Waals surface area contributed by atoms with Crippen molar-refractivity contribution >= 4 is 50.6 Å². The molecule has 3 aliphatic heterocycles. The van der Waals surface area contributed by atoms with E-state index in [0.717, 1.165) is 86.6 Å². The number of halogens is 7. The summed E-state index contributed by atoms with van der Waals surface area (Å²) in [6.45, 7) is 13.2. The van der Waals surface area contributed by atoms with E-state index in [4.69, 9.17) is 4.74 Å². The van der Waals surface area contributed by atoms with Gasteiger partial charge in [0.2, 0.25) is 0 Å². The highest BCUT2D eigenvalue weighted by molar-refractivity contribution is 5.92. The summed E-state index contributed by atoms with van der Waals surface area (Å²) in [5.41, 5.74) is 1.60. The number of pyridine rings is 6. The number of rotatable bonds is 12. The molecule has 0 radical (unpaired) electrons. The first-order valence-corrected chi connectivity index (χ1v) is 28.8. The number of nitrogens with one attached hydrogen (secondary N) is 6. The van der Waals surface area contributed by atoms with Crippen LogP contribution in [0.25, 0.3) is 67.3 Å². The van der Waals surface area contributed by atoms with Crippen LogP contribution in [0.5, 0.6) is 5.75 Å². The molecule has 13 rings (SSSR count). The number of alkyl halides is 6. The normalized spacial score (nSPS) is 17.6. The average Bonchev–Trinajstić information content (AvgIpc) is 2.68. The SMILES string of the molecule is CC(C)C[C@H]1CN(c2ccc(F)c(-c3[nH]nc4ncccc34)n2)CCN1.CCCC1CN(c2ccc(C(F)(F)F)c(-c3[nH]nc4ncccc34)n2)CCN1.COc1ccccc1C1CN(c2ccc(C(F)(F)F)c(-c3[nH]nc4ncccc34)n2)CCN1.[HH].[HH]. The molecule has 0 amide bonds. The largest absolute Gasteiger partial charge is 0.496 e. The van der Waals surface area contributed by atoms with E-state index in [1.54, 1.807) is 56.0 Å². The van der Waals surface area contributed by atoms with Crippen molar-refractivity contribution in [1.29, 1.82) is 0 Å². The summed E-state index contributed by atoms with van der Waals surface area (Å²) < 4.78 is 103. The second-order valence-corrected chi connectivity index (χ2v) is 21.9. The lowest BCUT2D eigenvalue weighted by molar-refractivity contribution is -0.138. The van der Waals surface area contributed by atoms with E-state index in [9.17, 15) is 30.7 Å². The molecule has 458 valence electrons. The van der Waals surface area contributed by atoms with Gasteiger partial charge in [-0.25, -0.2) is 34.3 Å². The predicted octanol–water partition coefficient (Wildman–Crippen LogP) is 11.3. The van der Waals surface area contributed by atoms with Crippen LogP contribution in [0.4, 0.5) is 48.2 Å². The summed E-state index contributed by atoms with van der Waals surface area (Å²) in [7, 11) is 1.62. The minimum absolute atomic E-state index is 0. The van der Waals surface area contributed by atoms with E-state index in [2.05, 4.69) is 102 Å². The van der Waals surface area contributed by atoms with Crippen LogP contribution in [-0.4, -0.2) is 139 Å². The summed E-state index contributed by atoms with van der Waals surface area (Å²) in [4.78, 5) is 32.2. The van der Waals surface area contributed by atoms with Crippen molar-refractivity contribution in [1.82, 2.24) is 76.4 Å². The number of hydrogen-bond acceptors (Lipinski definition) is 16. The molecule has 3 atom stereocenters. The van der Waals surface area contributed by atoms with Gasteiger partial charge in [0.05, 0.1) is 41.4 Å². The first-order chi connectivity index (χ1) is 42.0. The molecular weight excluding hydrogens is 1130 g/mol. The quantitative estimate of drug-likeness (QED) is 0.0627. The van der Waals surface area contributed by atoms with Gasteiger partial charge in [0.25, 0.3) is 0 Å². The number of methoxy groups -OCH3 is 1. The molecule has 3 fully saturated rings. The van der Waals surface area contributed by atoms with Gasteiger partial charge in [0, 0.05) is 114 Å². The Labute approximate surface area is 499 Å². The van der Waals surface area contributed by atoms with Crippen LogP contribution in [0.3, 0.4) is 0 Å². The Hall–Kier alpha value is -8.88. The molecular formula is C61H69F7N18O. The fraction of sp³-hybridized carbons (Fsp3) is 0.361. The molecule has 1 aromatic carbocycles. The highest BCUT2D eigenvalue weighted by atomic mass is 19.4. The monoisotopic (exact) mass is 1200 g/mol. The van der Waals surface area contributed by atoms with Crippen LogP contribution in [0.15, 0.2) is 116 Å². The van der Waals surface area contributed by atoms with Gasteiger partial charge in [0.15, 0.2) is 22.8 Å². The fourth-order valence-corrected chi connectivity index (χ4v) is 11.4. The minimum Gasteiger partial charge on any atom is -0.496 e. The number of para-hydroxylation sites is 1. The zero-order valence-corrected chi connectivity index (χ0v) is 48.2. The smallest absolute Gasteiger partial charge is 0.418 e. The summed E-state index contributed by atoms with van der Waals surface area (Å²) in [5.74, 6) is 2.82. The third-order valence-electron chi connectivity index (χ3n) is 15.5. The van der Waals surface area contributed by atoms with Crippen molar-refractivity contribution in [3.05, 3.63) is 138 Å². The molecule has 3 aliphatic rings. The van der Waals surface area contributed by atoms with Gasteiger partial charge in [-0.3, -0.25) is 15.3 Å². The second kappa shape index (κ2) is 26.0. The van der Waals surface area contributed by atoms with E-state index in [1.807, 2.05) is 46.2 Å². The zero-order valence-electron chi connectivity index (χ0n) is 48.2. The van der Waals surface area contributed by atoms with Gasteiger partial charge in [-0.05, 0) is 97.6 Å². The Bertz CT molecular complexity index is 3970. The minimum atomic E-state index is -4.57. The van der Waals surface area contributed by atoms with E-state index in [1.165, 1.54) is 18.2 Å². The first-order valence-electron chi connectivity index (χ1n) is 28.8. The van der Waals surface area contributed by atoms with Gasteiger partial charge in [-0.15, -0.1) is 0 Å². The Balaban J connectivity index is 0.000000158. The van der Waals surface area contributed by atoms with Gasteiger partial charge in [0.1, 0.15) is 40.3 Å². The number of piperazine rings is 3. The second-order valence-electron chi connectivity index (χ2n) is 21.9. The fourth-order valence-electron chi connectivity index (χ4n) is 11.4. The number of H-pyrrole nitrogens is 3. The van der Waals surface area contributed by atoms with Crippen molar-refractivity contribution in [3.63, 3.8) is 0 Å². The van der Waals surface area contributed by atoms with Crippen LogP contribution in [0, 0.1) is 11.7 Å². The summed E-state index contributed by atoms with van der Waals surface area (Å²) >= 11 is 0. The lowest BCUT2D eigenvalue weighted by Crippen LogP contribution is -2.51. The molecule has 0 aliphatic carbocycles. The number of hydrogen-bond donors (Lipinski definition) is 6. The number of fused-ring (bicyclic) bond motifs is 3. The number of aromatic nitrogens is 12. The van der Waals surface area contributed by atoms with Gasteiger partial charge < -0.3 is 35.4 Å². The van der Waals surface area contributed by atoms with Gasteiger partial charge >= 0.3 is 12.4 Å². The molecule has 10 aromatic rings. The lowest BCUT2D eigenvalue weighted by Gasteiger charge is -2.35. The Morgan fingerprint density at radius 3 is 1.49 bits per heavy atom. The number of aromatic amines is 3. The summed E-state index contributed by atoms with van der Waals surface area (Å²) in [6.07, 6.45) is -1.15. The third-order valence-corrected chi connectivity index (χ3v) is 15.5. The molecule has 0 saturated carbocycles. The summed E-state index contributed by atoms with van der Waals surface area (Å²) in [5, 5.41) is 32.8. The molecule has 9 aromatic heterocycles. The van der Waals surface area contributed by atoms with E-state index in [0.29, 0.717) is 89.2 Å². The van der Waals surface area contributed by atoms with Gasteiger partial charge in [-0.1, -0.05) is 45.4 Å². The maximum atomic E-state index is 14.5.